The van der Waals surface area contributed by atoms with Crippen molar-refractivity contribution in [1.82, 2.24) is 10.3 Å². The summed E-state index contributed by atoms with van der Waals surface area (Å²) in [4.78, 5) is 16.6. The van der Waals surface area contributed by atoms with Gasteiger partial charge in [0, 0.05) is 12.2 Å². The second-order valence-electron chi connectivity index (χ2n) is 5.39. The first-order valence-corrected chi connectivity index (χ1v) is 7.15. The van der Waals surface area contributed by atoms with Gasteiger partial charge in [0.15, 0.2) is 0 Å². The zero-order valence-electron chi connectivity index (χ0n) is 11.5. The van der Waals surface area contributed by atoms with Crippen molar-refractivity contribution in [3.63, 3.8) is 0 Å². The van der Waals surface area contributed by atoms with Crippen LogP contribution >= 0.6 is 0 Å². The van der Waals surface area contributed by atoms with E-state index in [9.17, 15) is 4.79 Å². The van der Waals surface area contributed by atoms with Gasteiger partial charge in [-0.15, -0.1) is 0 Å². The minimum absolute atomic E-state index is 0.00145. The van der Waals surface area contributed by atoms with E-state index in [1.54, 1.807) is 6.20 Å². The molecule has 1 amide bonds. The lowest BCUT2D eigenvalue weighted by molar-refractivity contribution is -0.126. The molecule has 3 N–H and O–H groups in total. The van der Waals surface area contributed by atoms with Crippen molar-refractivity contribution >= 4 is 5.91 Å². The highest BCUT2D eigenvalue weighted by molar-refractivity contribution is 5.79. The van der Waals surface area contributed by atoms with Crippen molar-refractivity contribution in [3.05, 3.63) is 30.1 Å². The van der Waals surface area contributed by atoms with Gasteiger partial charge >= 0.3 is 0 Å². The van der Waals surface area contributed by atoms with E-state index in [1.165, 1.54) is 6.42 Å². The van der Waals surface area contributed by atoms with E-state index in [0.717, 1.165) is 31.4 Å². The van der Waals surface area contributed by atoms with Crippen LogP contribution in [0.5, 0.6) is 0 Å². The highest BCUT2D eigenvalue weighted by Crippen LogP contribution is 2.23. The first-order chi connectivity index (χ1) is 9.18. The van der Waals surface area contributed by atoms with Gasteiger partial charge in [-0.3, -0.25) is 9.78 Å². The molecule has 1 aliphatic rings. The Hall–Kier alpha value is -1.42. The van der Waals surface area contributed by atoms with E-state index in [4.69, 9.17) is 5.73 Å². The fraction of sp³-hybridized carbons (Fsp3) is 0.600. The Morgan fingerprint density at radius 2 is 2.16 bits per heavy atom. The van der Waals surface area contributed by atoms with Crippen molar-refractivity contribution in [3.8, 4) is 0 Å². The van der Waals surface area contributed by atoms with Gasteiger partial charge in [0.2, 0.25) is 5.91 Å². The van der Waals surface area contributed by atoms with Gasteiger partial charge in [-0.1, -0.05) is 25.3 Å². The first kappa shape index (κ1) is 14.0. The van der Waals surface area contributed by atoms with E-state index < -0.39 is 0 Å². The quantitative estimate of drug-likeness (QED) is 0.819. The Kier molecular flexibility index (Phi) is 4.91. The molecule has 3 unspecified atom stereocenters. The second kappa shape index (κ2) is 6.66. The number of rotatable bonds is 3. The Labute approximate surface area is 114 Å². The lowest BCUT2D eigenvalue weighted by Gasteiger charge is -2.23. The zero-order valence-corrected chi connectivity index (χ0v) is 11.5. The monoisotopic (exact) mass is 261 g/mol. The number of pyridine rings is 1. The maximum absolute atomic E-state index is 12.3. The molecule has 1 aromatic rings. The maximum Gasteiger partial charge on any atom is 0.225 e. The highest BCUT2D eigenvalue weighted by atomic mass is 16.2. The third kappa shape index (κ3) is 3.77. The summed E-state index contributed by atoms with van der Waals surface area (Å²) < 4.78 is 0. The smallest absolute Gasteiger partial charge is 0.225 e. The number of aromatic nitrogens is 1. The maximum atomic E-state index is 12.3. The standard InChI is InChI=1S/C15H23N3O/c1-11(14-9-5-6-10-17-14)18-15(19)12-7-3-2-4-8-13(12)16/h5-6,9-13H,2-4,7-8,16H2,1H3,(H,18,19). The molecule has 0 aromatic carbocycles. The zero-order chi connectivity index (χ0) is 13.7. The molecule has 1 aromatic heterocycles. The van der Waals surface area contributed by atoms with Crippen molar-refractivity contribution in [1.29, 1.82) is 0 Å². The number of nitrogens with zero attached hydrogens (tertiary/aromatic N) is 1. The van der Waals surface area contributed by atoms with E-state index in [2.05, 4.69) is 10.3 Å². The summed E-state index contributed by atoms with van der Waals surface area (Å²) in [6.07, 6.45) is 7.03. The average molecular weight is 261 g/mol. The molecule has 0 aliphatic heterocycles. The summed E-state index contributed by atoms with van der Waals surface area (Å²) in [6, 6.07) is 5.67. The van der Waals surface area contributed by atoms with Crippen molar-refractivity contribution in [2.24, 2.45) is 11.7 Å². The molecule has 0 bridgehead atoms. The largest absolute Gasteiger partial charge is 0.348 e. The summed E-state index contributed by atoms with van der Waals surface area (Å²) in [5, 5.41) is 3.04. The third-order valence-corrected chi connectivity index (χ3v) is 3.90. The number of nitrogens with one attached hydrogen (secondary N) is 1. The van der Waals surface area contributed by atoms with E-state index in [1.807, 2.05) is 25.1 Å². The fourth-order valence-electron chi connectivity index (χ4n) is 2.69. The van der Waals surface area contributed by atoms with Gasteiger partial charge in [0.1, 0.15) is 0 Å². The minimum atomic E-state index is -0.0656. The van der Waals surface area contributed by atoms with Crippen LogP contribution in [0.1, 0.15) is 50.8 Å². The van der Waals surface area contributed by atoms with Crippen LogP contribution in [-0.2, 0) is 4.79 Å². The summed E-state index contributed by atoms with van der Waals surface area (Å²) in [5.74, 6) is 0.0289. The summed E-state index contributed by atoms with van der Waals surface area (Å²) >= 11 is 0. The topological polar surface area (TPSA) is 68.0 Å². The molecule has 1 heterocycles. The molecular formula is C15H23N3O. The third-order valence-electron chi connectivity index (χ3n) is 3.90. The van der Waals surface area contributed by atoms with E-state index in [0.29, 0.717) is 0 Å². The SMILES string of the molecule is CC(NC(=O)C1CCCCCC1N)c1ccccn1. The molecule has 2 rings (SSSR count). The van der Waals surface area contributed by atoms with Gasteiger partial charge in [-0.25, -0.2) is 0 Å². The van der Waals surface area contributed by atoms with Crippen molar-refractivity contribution in [2.45, 2.75) is 51.1 Å². The molecular weight excluding hydrogens is 238 g/mol. The molecule has 0 radical (unpaired) electrons. The molecule has 104 valence electrons. The van der Waals surface area contributed by atoms with Gasteiger partial charge in [0.25, 0.3) is 0 Å². The Morgan fingerprint density at radius 1 is 1.37 bits per heavy atom. The van der Waals surface area contributed by atoms with Crippen LogP contribution in [0.15, 0.2) is 24.4 Å². The molecule has 1 aliphatic carbocycles. The van der Waals surface area contributed by atoms with Crippen LogP contribution in [0.4, 0.5) is 0 Å². The lowest BCUT2D eigenvalue weighted by Crippen LogP contribution is -2.42. The molecule has 3 atom stereocenters. The van der Waals surface area contributed by atoms with Gasteiger partial charge in [0.05, 0.1) is 17.7 Å². The predicted molar refractivity (Wildman–Crippen MR) is 75.3 cm³/mol. The molecule has 0 spiro atoms. The van der Waals surface area contributed by atoms with Crippen LogP contribution in [0.2, 0.25) is 0 Å². The molecule has 1 fully saturated rings. The molecule has 4 heteroatoms. The first-order valence-electron chi connectivity index (χ1n) is 7.15. The van der Waals surface area contributed by atoms with E-state index in [-0.39, 0.29) is 23.9 Å². The van der Waals surface area contributed by atoms with Gasteiger partial charge < -0.3 is 11.1 Å². The number of carbonyl (C=O) groups excluding carboxylic acids is 1. The average Bonchev–Trinajstić information content (AvgIpc) is 2.64. The predicted octanol–water partition coefficient (Wildman–Crippen LogP) is 2.17. The number of hydrogen-bond donors (Lipinski definition) is 2. The van der Waals surface area contributed by atoms with Gasteiger partial charge in [-0.05, 0) is 31.9 Å². The second-order valence-corrected chi connectivity index (χ2v) is 5.39. The number of carbonyl (C=O) groups is 1. The Bertz CT molecular complexity index is 407. The normalized spacial score (nSPS) is 25.4. The minimum Gasteiger partial charge on any atom is -0.348 e. The van der Waals surface area contributed by atoms with Gasteiger partial charge in [-0.2, -0.15) is 0 Å². The molecule has 4 nitrogen and oxygen atoms in total. The van der Waals surface area contributed by atoms with Crippen LogP contribution in [0.3, 0.4) is 0 Å². The summed E-state index contributed by atoms with van der Waals surface area (Å²) in [6.45, 7) is 1.96. The number of amides is 1. The summed E-state index contributed by atoms with van der Waals surface area (Å²) in [5.41, 5.74) is 7.00. The van der Waals surface area contributed by atoms with Crippen LogP contribution in [0, 0.1) is 5.92 Å². The highest BCUT2D eigenvalue weighted by Gasteiger charge is 2.27. The molecule has 1 saturated carbocycles. The van der Waals surface area contributed by atoms with Crippen molar-refractivity contribution < 1.29 is 4.79 Å². The molecule has 19 heavy (non-hydrogen) atoms. The number of nitrogens with two attached hydrogens (primary N) is 1. The Balaban J connectivity index is 1.96. The van der Waals surface area contributed by atoms with Crippen LogP contribution < -0.4 is 11.1 Å². The molecule has 0 saturated heterocycles. The fourth-order valence-corrected chi connectivity index (χ4v) is 2.69. The number of hydrogen-bond acceptors (Lipinski definition) is 3. The van der Waals surface area contributed by atoms with Crippen LogP contribution in [0.25, 0.3) is 0 Å². The lowest BCUT2D eigenvalue weighted by atomic mass is 9.94. The van der Waals surface area contributed by atoms with Crippen molar-refractivity contribution in [2.75, 3.05) is 0 Å². The Morgan fingerprint density at radius 3 is 2.89 bits per heavy atom. The van der Waals surface area contributed by atoms with E-state index >= 15 is 0 Å². The van der Waals surface area contributed by atoms with Crippen LogP contribution in [-0.4, -0.2) is 16.9 Å². The summed E-state index contributed by atoms with van der Waals surface area (Å²) in [7, 11) is 0.